The number of fused-ring (bicyclic) bond motifs is 1. The Hall–Kier alpha value is -0.800. The lowest BCUT2D eigenvalue weighted by Gasteiger charge is -2.54. The van der Waals surface area contributed by atoms with Gasteiger partial charge in [0, 0.05) is 11.8 Å². The van der Waals surface area contributed by atoms with Crippen molar-refractivity contribution in [1.82, 2.24) is 0 Å². The van der Waals surface area contributed by atoms with Crippen molar-refractivity contribution in [3.63, 3.8) is 0 Å². The van der Waals surface area contributed by atoms with E-state index in [1.165, 1.54) is 0 Å². The number of hydrogen-bond acceptors (Lipinski definition) is 7. The van der Waals surface area contributed by atoms with Crippen molar-refractivity contribution in [3.8, 4) is 0 Å². The van der Waals surface area contributed by atoms with Crippen molar-refractivity contribution in [2.75, 3.05) is 6.61 Å². The Bertz CT molecular complexity index is 606. The maximum absolute atomic E-state index is 10.9. The standard InChI is InChI=1S/C21H34O7/c1-10(2)12-5-6-21(4)13(7-12)11(3)14(8-16(21)23)27-20-19(26)18(25)17(24)15(9-22)28-20/h12-20,22-26H,1,3,5-9H2,2,4H3. The van der Waals surface area contributed by atoms with E-state index in [-0.39, 0.29) is 11.3 Å². The van der Waals surface area contributed by atoms with Crippen molar-refractivity contribution in [3.05, 3.63) is 24.3 Å². The lowest BCUT2D eigenvalue weighted by Crippen LogP contribution is -2.60. The fraction of sp³-hybridized carbons (Fsp3) is 0.810. The first-order valence-corrected chi connectivity index (χ1v) is 10.1. The van der Waals surface area contributed by atoms with Crippen LogP contribution in [0.4, 0.5) is 0 Å². The summed E-state index contributed by atoms with van der Waals surface area (Å²) in [7, 11) is 0. The minimum atomic E-state index is -1.49. The monoisotopic (exact) mass is 398 g/mol. The van der Waals surface area contributed by atoms with Crippen molar-refractivity contribution >= 4 is 0 Å². The quantitative estimate of drug-likeness (QED) is 0.345. The third-order valence-corrected chi connectivity index (χ3v) is 7.25. The molecule has 1 aliphatic heterocycles. The molecule has 10 atom stereocenters. The Kier molecular flexibility index (Phi) is 6.37. The molecule has 28 heavy (non-hydrogen) atoms. The second-order valence-corrected chi connectivity index (χ2v) is 9.02. The number of ether oxygens (including phenoxy) is 2. The smallest absolute Gasteiger partial charge is 0.187 e. The van der Waals surface area contributed by atoms with Crippen LogP contribution in [0.25, 0.3) is 0 Å². The van der Waals surface area contributed by atoms with Gasteiger partial charge < -0.3 is 35.0 Å². The minimum absolute atomic E-state index is 0.0431. The molecule has 1 heterocycles. The van der Waals surface area contributed by atoms with E-state index >= 15 is 0 Å². The summed E-state index contributed by atoms with van der Waals surface area (Å²) in [6, 6.07) is 0. The van der Waals surface area contributed by atoms with Crippen LogP contribution in [0, 0.1) is 17.3 Å². The molecule has 0 bridgehead atoms. The van der Waals surface area contributed by atoms with Crippen LogP contribution in [0.3, 0.4) is 0 Å². The lowest BCUT2D eigenvalue weighted by molar-refractivity contribution is -0.312. The van der Waals surface area contributed by atoms with E-state index in [2.05, 4.69) is 20.1 Å². The van der Waals surface area contributed by atoms with Crippen molar-refractivity contribution in [2.45, 2.75) is 82.4 Å². The minimum Gasteiger partial charge on any atom is -0.394 e. The second kappa shape index (κ2) is 8.14. The zero-order chi connectivity index (χ0) is 20.8. The summed E-state index contributed by atoms with van der Waals surface area (Å²) in [5.41, 5.74) is 1.69. The molecule has 0 radical (unpaired) electrons. The molecule has 2 saturated carbocycles. The van der Waals surface area contributed by atoms with Gasteiger partial charge in [-0.2, -0.15) is 0 Å². The van der Waals surface area contributed by atoms with E-state index in [0.717, 1.165) is 30.4 Å². The highest BCUT2D eigenvalue weighted by atomic mass is 16.7. The molecule has 0 aromatic heterocycles. The molecule has 3 fully saturated rings. The van der Waals surface area contributed by atoms with Gasteiger partial charge in [-0.05, 0) is 43.6 Å². The number of allylic oxidation sites excluding steroid dienone is 1. The third-order valence-electron chi connectivity index (χ3n) is 7.25. The van der Waals surface area contributed by atoms with Crippen LogP contribution in [0.2, 0.25) is 0 Å². The van der Waals surface area contributed by atoms with Gasteiger partial charge in [-0.25, -0.2) is 0 Å². The van der Waals surface area contributed by atoms with Crippen molar-refractivity contribution < 1.29 is 35.0 Å². The average molecular weight is 398 g/mol. The molecule has 7 heteroatoms. The highest BCUT2D eigenvalue weighted by Crippen LogP contribution is 2.55. The van der Waals surface area contributed by atoms with Crippen molar-refractivity contribution in [1.29, 1.82) is 0 Å². The molecular weight excluding hydrogens is 364 g/mol. The summed E-state index contributed by atoms with van der Waals surface area (Å²) in [5, 5.41) is 50.4. The third kappa shape index (κ3) is 3.69. The summed E-state index contributed by atoms with van der Waals surface area (Å²) in [4.78, 5) is 0. The molecule has 10 unspecified atom stereocenters. The maximum atomic E-state index is 10.9. The van der Waals surface area contributed by atoms with E-state index in [1.807, 2.05) is 6.92 Å². The molecule has 5 N–H and O–H groups in total. The SMILES string of the molecule is C=C(C)C1CCC2(C)C(O)CC(OC3OC(CO)C(O)C(O)C3O)C(=C)C2C1. The van der Waals surface area contributed by atoms with Gasteiger partial charge >= 0.3 is 0 Å². The Balaban J connectivity index is 1.76. The molecule has 160 valence electrons. The van der Waals surface area contributed by atoms with E-state index in [1.54, 1.807) is 0 Å². The van der Waals surface area contributed by atoms with E-state index in [0.29, 0.717) is 12.3 Å². The predicted molar refractivity (Wildman–Crippen MR) is 102 cm³/mol. The molecule has 2 aliphatic carbocycles. The van der Waals surface area contributed by atoms with E-state index in [9.17, 15) is 25.5 Å². The van der Waals surface area contributed by atoms with Crippen LogP contribution in [-0.2, 0) is 9.47 Å². The van der Waals surface area contributed by atoms with E-state index in [4.69, 9.17) is 9.47 Å². The van der Waals surface area contributed by atoms with Gasteiger partial charge in [0.15, 0.2) is 6.29 Å². The number of aliphatic hydroxyl groups is 5. The van der Waals surface area contributed by atoms with Crippen molar-refractivity contribution in [2.24, 2.45) is 17.3 Å². The first-order chi connectivity index (χ1) is 13.1. The highest BCUT2D eigenvalue weighted by Gasteiger charge is 2.53. The van der Waals surface area contributed by atoms with E-state index < -0.39 is 49.5 Å². The zero-order valence-corrected chi connectivity index (χ0v) is 16.7. The van der Waals surface area contributed by atoms with Crippen LogP contribution in [0.15, 0.2) is 24.3 Å². The number of hydrogen-bond donors (Lipinski definition) is 5. The lowest BCUT2D eigenvalue weighted by atomic mass is 9.54. The highest BCUT2D eigenvalue weighted by molar-refractivity contribution is 5.22. The number of aliphatic hydroxyl groups excluding tert-OH is 5. The summed E-state index contributed by atoms with van der Waals surface area (Å²) >= 11 is 0. The molecule has 3 rings (SSSR count). The normalized spacial score (nSPS) is 49.5. The largest absolute Gasteiger partial charge is 0.394 e. The van der Waals surface area contributed by atoms with Crippen LogP contribution >= 0.6 is 0 Å². The Morgan fingerprint density at radius 2 is 1.86 bits per heavy atom. The van der Waals surface area contributed by atoms with Gasteiger partial charge in [0.1, 0.15) is 24.4 Å². The molecule has 0 aromatic rings. The van der Waals surface area contributed by atoms with Gasteiger partial charge in [0.25, 0.3) is 0 Å². The van der Waals surface area contributed by atoms with Crippen LogP contribution < -0.4 is 0 Å². The fourth-order valence-corrected chi connectivity index (χ4v) is 5.08. The summed E-state index contributed by atoms with van der Waals surface area (Å²) in [6.45, 7) is 11.9. The molecule has 0 aromatic carbocycles. The second-order valence-electron chi connectivity index (χ2n) is 9.02. The van der Waals surface area contributed by atoms with Crippen LogP contribution in [0.5, 0.6) is 0 Å². The first kappa shape index (κ1) is 21.9. The topological polar surface area (TPSA) is 120 Å². The van der Waals surface area contributed by atoms with Gasteiger partial charge in [0.05, 0.1) is 18.8 Å². The Labute approximate surface area is 166 Å². The summed E-state index contributed by atoms with van der Waals surface area (Å²) in [6.07, 6.45) is -4.77. The first-order valence-electron chi connectivity index (χ1n) is 10.1. The molecule has 7 nitrogen and oxygen atoms in total. The maximum Gasteiger partial charge on any atom is 0.187 e. The molecular formula is C21H34O7. The molecule has 0 spiro atoms. The van der Waals surface area contributed by atoms with Crippen LogP contribution in [-0.4, -0.2) is 75.1 Å². The Morgan fingerprint density at radius 1 is 1.18 bits per heavy atom. The molecule has 0 amide bonds. The average Bonchev–Trinajstić information content (AvgIpc) is 2.66. The van der Waals surface area contributed by atoms with Gasteiger partial charge in [-0.3, -0.25) is 0 Å². The van der Waals surface area contributed by atoms with Crippen LogP contribution in [0.1, 0.15) is 39.5 Å². The van der Waals surface area contributed by atoms with Gasteiger partial charge in [-0.1, -0.05) is 25.7 Å². The predicted octanol–water partition coefficient (Wildman–Crippen LogP) is 0.491. The Morgan fingerprint density at radius 3 is 2.46 bits per heavy atom. The van der Waals surface area contributed by atoms with Gasteiger partial charge in [-0.15, -0.1) is 0 Å². The molecule has 3 aliphatic rings. The summed E-state index contributed by atoms with van der Waals surface area (Å²) in [5.74, 6) is 0.412. The van der Waals surface area contributed by atoms with Gasteiger partial charge in [0.2, 0.25) is 0 Å². The fourth-order valence-electron chi connectivity index (χ4n) is 5.08. The number of rotatable bonds is 4. The molecule has 1 saturated heterocycles. The zero-order valence-electron chi connectivity index (χ0n) is 16.7. The summed E-state index contributed by atoms with van der Waals surface area (Å²) < 4.78 is 11.4.